The van der Waals surface area contributed by atoms with Crippen LogP contribution in [0.3, 0.4) is 0 Å². The molecule has 0 aliphatic heterocycles. The summed E-state index contributed by atoms with van der Waals surface area (Å²) in [4.78, 5) is 21.2. The van der Waals surface area contributed by atoms with E-state index in [9.17, 15) is 9.59 Å². The Morgan fingerprint density at radius 2 is 1.77 bits per heavy atom. The molecule has 2 unspecified atom stereocenters. The Labute approximate surface area is 76.6 Å². The van der Waals surface area contributed by atoms with Crippen molar-refractivity contribution in [1.29, 1.82) is 0 Å². The molecule has 1 fully saturated rings. The quantitative estimate of drug-likeness (QED) is 0.697. The molecule has 13 heavy (non-hydrogen) atoms. The topological polar surface area (TPSA) is 74.6 Å². The molecule has 0 amide bonds. The summed E-state index contributed by atoms with van der Waals surface area (Å²) in [5, 5.41) is 17.4. The fourth-order valence-corrected chi connectivity index (χ4v) is 2.00. The van der Waals surface area contributed by atoms with Crippen LogP contribution in [0.4, 0.5) is 0 Å². The van der Waals surface area contributed by atoms with Crippen molar-refractivity contribution in [2.75, 3.05) is 0 Å². The minimum atomic E-state index is -0.891. The van der Waals surface area contributed by atoms with Gasteiger partial charge in [-0.15, -0.1) is 0 Å². The number of rotatable bonds is 3. The van der Waals surface area contributed by atoms with Gasteiger partial charge in [-0.05, 0) is 18.8 Å². The third-order valence-corrected chi connectivity index (χ3v) is 2.66. The van der Waals surface area contributed by atoms with E-state index in [0.29, 0.717) is 6.42 Å². The van der Waals surface area contributed by atoms with Crippen molar-refractivity contribution in [1.82, 2.24) is 0 Å². The van der Waals surface area contributed by atoms with Gasteiger partial charge in [0.05, 0.1) is 5.92 Å². The van der Waals surface area contributed by atoms with Crippen LogP contribution in [-0.2, 0) is 9.59 Å². The number of carboxylic acids is 2. The standard InChI is InChI=1S/C9H14O4/c10-8(11)5-6-3-1-2-4-7(6)9(12)13/h6-7H,1-5H2,(H,10,11)(H,12,13). The van der Waals surface area contributed by atoms with E-state index in [0.717, 1.165) is 19.3 Å². The first-order valence-corrected chi connectivity index (χ1v) is 4.56. The molecule has 1 rings (SSSR count). The van der Waals surface area contributed by atoms with Crippen LogP contribution in [0.1, 0.15) is 32.1 Å². The largest absolute Gasteiger partial charge is 0.481 e. The Bertz CT molecular complexity index is 212. The minimum Gasteiger partial charge on any atom is -0.481 e. The van der Waals surface area contributed by atoms with E-state index < -0.39 is 17.9 Å². The third kappa shape index (κ3) is 2.72. The van der Waals surface area contributed by atoms with Gasteiger partial charge in [0.25, 0.3) is 0 Å². The Kier molecular flexibility index (Phi) is 3.28. The average Bonchev–Trinajstić information content (AvgIpc) is 2.03. The Morgan fingerprint density at radius 3 is 2.31 bits per heavy atom. The fraction of sp³-hybridized carbons (Fsp3) is 0.778. The average molecular weight is 186 g/mol. The number of hydrogen-bond donors (Lipinski definition) is 2. The lowest BCUT2D eigenvalue weighted by atomic mass is 9.77. The van der Waals surface area contributed by atoms with E-state index in [2.05, 4.69) is 0 Å². The lowest BCUT2D eigenvalue weighted by Crippen LogP contribution is -2.28. The first-order valence-electron chi connectivity index (χ1n) is 4.56. The lowest BCUT2D eigenvalue weighted by molar-refractivity contribution is -0.146. The van der Waals surface area contributed by atoms with Crippen LogP contribution in [0.5, 0.6) is 0 Å². The molecule has 1 aliphatic carbocycles. The maximum atomic E-state index is 10.8. The highest BCUT2D eigenvalue weighted by molar-refractivity contribution is 5.73. The third-order valence-electron chi connectivity index (χ3n) is 2.66. The molecule has 0 radical (unpaired) electrons. The molecule has 4 nitrogen and oxygen atoms in total. The van der Waals surface area contributed by atoms with Gasteiger partial charge in [0.15, 0.2) is 0 Å². The van der Waals surface area contributed by atoms with Crippen molar-refractivity contribution < 1.29 is 19.8 Å². The van der Waals surface area contributed by atoms with E-state index in [1.54, 1.807) is 0 Å². The van der Waals surface area contributed by atoms with Gasteiger partial charge in [0.2, 0.25) is 0 Å². The smallest absolute Gasteiger partial charge is 0.306 e. The van der Waals surface area contributed by atoms with Gasteiger partial charge in [-0.1, -0.05) is 12.8 Å². The molecular weight excluding hydrogens is 172 g/mol. The molecule has 0 heterocycles. The zero-order valence-electron chi connectivity index (χ0n) is 7.40. The van der Waals surface area contributed by atoms with E-state index in [4.69, 9.17) is 10.2 Å². The van der Waals surface area contributed by atoms with Crippen LogP contribution < -0.4 is 0 Å². The zero-order valence-corrected chi connectivity index (χ0v) is 7.40. The normalized spacial score (nSPS) is 28.3. The van der Waals surface area contributed by atoms with Gasteiger partial charge in [-0.25, -0.2) is 0 Å². The first-order chi connectivity index (χ1) is 6.11. The molecule has 0 aromatic rings. The monoisotopic (exact) mass is 186 g/mol. The molecule has 2 N–H and O–H groups in total. The number of hydrogen-bond acceptors (Lipinski definition) is 2. The van der Waals surface area contributed by atoms with Gasteiger partial charge in [-0.2, -0.15) is 0 Å². The first kappa shape index (κ1) is 10.0. The van der Waals surface area contributed by atoms with Crippen LogP contribution in [-0.4, -0.2) is 22.2 Å². The second-order valence-electron chi connectivity index (χ2n) is 3.59. The molecule has 1 saturated carbocycles. The van der Waals surface area contributed by atoms with Crippen molar-refractivity contribution >= 4 is 11.9 Å². The summed E-state index contributed by atoms with van der Waals surface area (Å²) in [7, 11) is 0. The van der Waals surface area contributed by atoms with Crippen molar-refractivity contribution in [3.63, 3.8) is 0 Å². The highest BCUT2D eigenvalue weighted by Crippen LogP contribution is 2.32. The van der Waals surface area contributed by atoms with Gasteiger partial charge < -0.3 is 10.2 Å². The van der Waals surface area contributed by atoms with E-state index in [1.165, 1.54) is 0 Å². The molecule has 2 atom stereocenters. The summed E-state index contributed by atoms with van der Waals surface area (Å²) in [5.74, 6) is -2.34. The molecule has 4 heteroatoms. The Morgan fingerprint density at radius 1 is 1.15 bits per heavy atom. The number of carboxylic acid groups (broad SMARTS) is 2. The van der Waals surface area contributed by atoms with Gasteiger partial charge in [0, 0.05) is 6.42 Å². The fourth-order valence-electron chi connectivity index (χ4n) is 2.00. The summed E-state index contributed by atoms with van der Waals surface area (Å²) < 4.78 is 0. The lowest BCUT2D eigenvalue weighted by Gasteiger charge is -2.26. The molecular formula is C9H14O4. The molecule has 0 spiro atoms. The number of aliphatic carboxylic acids is 2. The highest BCUT2D eigenvalue weighted by atomic mass is 16.4. The van der Waals surface area contributed by atoms with Crippen LogP contribution in [0.2, 0.25) is 0 Å². The minimum absolute atomic E-state index is 0.00301. The van der Waals surface area contributed by atoms with Crippen LogP contribution in [0.25, 0.3) is 0 Å². The maximum absolute atomic E-state index is 10.8. The Hall–Kier alpha value is -1.06. The van der Waals surface area contributed by atoms with E-state index in [-0.39, 0.29) is 12.3 Å². The predicted octanol–water partition coefficient (Wildman–Crippen LogP) is 1.35. The second kappa shape index (κ2) is 4.25. The SMILES string of the molecule is O=C(O)CC1CCCCC1C(=O)O. The molecule has 0 aromatic carbocycles. The summed E-state index contributed by atoms with van der Waals surface area (Å²) in [6.07, 6.45) is 3.24. The van der Waals surface area contributed by atoms with Crippen molar-refractivity contribution in [3.05, 3.63) is 0 Å². The van der Waals surface area contributed by atoms with Crippen LogP contribution in [0.15, 0.2) is 0 Å². The summed E-state index contributed by atoms with van der Waals surface area (Å²) >= 11 is 0. The summed E-state index contributed by atoms with van der Waals surface area (Å²) in [6, 6.07) is 0. The predicted molar refractivity (Wildman–Crippen MR) is 45.3 cm³/mol. The molecule has 0 saturated heterocycles. The zero-order chi connectivity index (χ0) is 9.84. The highest BCUT2D eigenvalue weighted by Gasteiger charge is 2.31. The van der Waals surface area contributed by atoms with Crippen LogP contribution in [0, 0.1) is 11.8 Å². The number of carbonyl (C=O) groups is 2. The van der Waals surface area contributed by atoms with Gasteiger partial charge in [0.1, 0.15) is 0 Å². The maximum Gasteiger partial charge on any atom is 0.306 e. The van der Waals surface area contributed by atoms with Crippen molar-refractivity contribution in [2.24, 2.45) is 11.8 Å². The molecule has 74 valence electrons. The van der Waals surface area contributed by atoms with Gasteiger partial charge >= 0.3 is 11.9 Å². The summed E-state index contributed by atoms with van der Waals surface area (Å²) in [6.45, 7) is 0. The Balaban J connectivity index is 2.56. The van der Waals surface area contributed by atoms with E-state index >= 15 is 0 Å². The van der Waals surface area contributed by atoms with Crippen LogP contribution >= 0.6 is 0 Å². The molecule has 0 bridgehead atoms. The molecule has 1 aliphatic rings. The van der Waals surface area contributed by atoms with Gasteiger partial charge in [-0.3, -0.25) is 9.59 Å². The van der Waals surface area contributed by atoms with Crippen molar-refractivity contribution in [3.8, 4) is 0 Å². The molecule has 0 aromatic heterocycles. The second-order valence-corrected chi connectivity index (χ2v) is 3.59. The summed E-state index contributed by atoms with van der Waals surface area (Å²) in [5.41, 5.74) is 0. The van der Waals surface area contributed by atoms with E-state index in [1.807, 2.05) is 0 Å². The van der Waals surface area contributed by atoms with Crippen molar-refractivity contribution in [2.45, 2.75) is 32.1 Å².